The Morgan fingerprint density at radius 2 is 1.47 bits per heavy atom. The van der Waals surface area contributed by atoms with Crippen LogP contribution >= 0.6 is 35.6 Å². The molecule has 0 heterocycles. The molecule has 0 saturated carbocycles. The molecule has 0 aliphatic carbocycles. The fourth-order valence-corrected chi connectivity index (χ4v) is 5.11. The molecule has 0 aliphatic rings. The zero-order valence-electron chi connectivity index (χ0n) is 20.3. The number of hydrogen-bond donors (Lipinski definition) is 4. The second-order valence-corrected chi connectivity index (χ2v) is 10.4. The topological polar surface area (TPSA) is 90.5 Å². The molecule has 4 aromatic carbocycles. The van der Waals surface area contributed by atoms with Gasteiger partial charge in [0, 0.05) is 22.0 Å². The highest BCUT2D eigenvalue weighted by Crippen LogP contribution is 2.37. The van der Waals surface area contributed by atoms with Gasteiger partial charge in [-0.05, 0) is 73.2 Å². The van der Waals surface area contributed by atoms with Crippen molar-refractivity contribution in [2.24, 2.45) is 0 Å². The van der Waals surface area contributed by atoms with Crippen LogP contribution in [0.5, 0.6) is 0 Å². The molecule has 0 fully saturated rings. The Hall–Kier alpha value is -3.85. The van der Waals surface area contributed by atoms with Gasteiger partial charge in [-0.3, -0.25) is 4.79 Å². The summed E-state index contributed by atoms with van der Waals surface area (Å²) in [4.78, 5) is 25.7. The zero-order chi connectivity index (χ0) is 27.1. The third-order valence-corrected chi connectivity index (χ3v) is 7.24. The Morgan fingerprint density at radius 1 is 0.816 bits per heavy atom. The van der Waals surface area contributed by atoms with Gasteiger partial charge < -0.3 is 21.1 Å². The molecule has 9 heteroatoms. The molecule has 1 amide bonds. The number of aromatic carboxylic acids is 1. The minimum Gasteiger partial charge on any atom is -0.478 e. The Kier molecular flexibility index (Phi) is 9.02. The second-order valence-electron chi connectivity index (χ2n) is 8.37. The molecule has 0 aromatic heterocycles. The number of aryl methyl sites for hydroxylation is 1. The molecule has 0 aliphatic heterocycles. The van der Waals surface area contributed by atoms with Crippen LogP contribution in [0, 0.1) is 6.92 Å². The van der Waals surface area contributed by atoms with Gasteiger partial charge in [0.15, 0.2) is 5.11 Å². The number of amides is 1. The van der Waals surface area contributed by atoms with Crippen molar-refractivity contribution in [2.75, 3.05) is 16.0 Å². The summed E-state index contributed by atoms with van der Waals surface area (Å²) in [6, 6.07) is 29.3. The first-order chi connectivity index (χ1) is 18.3. The van der Waals surface area contributed by atoms with Crippen LogP contribution in [0.1, 0.15) is 26.7 Å². The van der Waals surface area contributed by atoms with Crippen molar-refractivity contribution in [3.63, 3.8) is 0 Å². The number of carboxylic acid groups (broad SMARTS) is 1. The molecule has 4 rings (SSSR count). The van der Waals surface area contributed by atoms with Gasteiger partial charge in [-0.1, -0.05) is 65.7 Å². The van der Waals surface area contributed by atoms with Crippen LogP contribution in [0.2, 0.25) is 5.02 Å². The van der Waals surface area contributed by atoms with E-state index in [0.29, 0.717) is 10.8 Å². The van der Waals surface area contributed by atoms with Crippen molar-refractivity contribution in [3.05, 3.63) is 119 Å². The van der Waals surface area contributed by atoms with Crippen LogP contribution in [0.4, 0.5) is 17.1 Å². The molecule has 192 valence electrons. The van der Waals surface area contributed by atoms with Crippen molar-refractivity contribution in [3.8, 4) is 0 Å². The van der Waals surface area contributed by atoms with E-state index in [2.05, 4.69) is 16.0 Å². The summed E-state index contributed by atoms with van der Waals surface area (Å²) in [5, 5.41) is 18.5. The maximum Gasteiger partial charge on any atom is 0.337 e. The largest absolute Gasteiger partial charge is 0.478 e. The molecule has 38 heavy (non-hydrogen) atoms. The Bertz CT molecular complexity index is 1460. The van der Waals surface area contributed by atoms with Crippen molar-refractivity contribution < 1.29 is 14.7 Å². The quantitative estimate of drug-likeness (QED) is 0.130. The summed E-state index contributed by atoms with van der Waals surface area (Å²) in [5.41, 5.74) is 3.89. The summed E-state index contributed by atoms with van der Waals surface area (Å²) < 4.78 is 0. The van der Waals surface area contributed by atoms with Gasteiger partial charge in [0.2, 0.25) is 5.91 Å². The van der Waals surface area contributed by atoms with Crippen LogP contribution in [0.25, 0.3) is 0 Å². The number of carboxylic acids is 1. The number of benzene rings is 4. The highest BCUT2D eigenvalue weighted by Gasteiger charge is 2.23. The van der Waals surface area contributed by atoms with Crippen LogP contribution in [0.15, 0.2) is 102 Å². The molecular formula is C29H24ClN3O3S2. The highest BCUT2D eigenvalue weighted by atomic mass is 35.5. The minimum absolute atomic E-state index is 0.0811. The van der Waals surface area contributed by atoms with Gasteiger partial charge in [-0.2, -0.15) is 0 Å². The van der Waals surface area contributed by atoms with Gasteiger partial charge in [-0.25, -0.2) is 4.79 Å². The van der Waals surface area contributed by atoms with E-state index in [0.717, 1.165) is 27.4 Å². The maximum absolute atomic E-state index is 13.4. The Balaban J connectivity index is 1.51. The van der Waals surface area contributed by atoms with Crippen LogP contribution < -0.4 is 16.0 Å². The first kappa shape index (κ1) is 27.2. The Morgan fingerprint density at radius 3 is 2.18 bits per heavy atom. The van der Waals surface area contributed by atoms with E-state index in [1.54, 1.807) is 6.07 Å². The number of thiocarbonyl (C=S) groups is 1. The van der Waals surface area contributed by atoms with E-state index < -0.39 is 11.2 Å². The van der Waals surface area contributed by atoms with Gasteiger partial charge >= 0.3 is 5.97 Å². The third kappa shape index (κ3) is 7.35. The molecule has 1 unspecified atom stereocenters. The first-order valence-corrected chi connectivity index (χ1v) is 13.2. The van der Waals surface area contributed by atoms with Gasteiger partial charge in [0.1, 0.15) is 5.25 Å². The average Bonchev–Trinajstić information content (AvgIpc) is 2.90. The van der Waals surface area contributed by atoms with E-state index in [-0.39, 0.29) is 16.5 Å². The standard InChI is InChI=1S/C29H24ClN3O3S2/c1-18-10-12-20(13-11-18)32-29(37)33-21-8-5-9-23(16-21)38-26(19-6-3-2-4-7-19)27(34)31-22-14-15-25(30)24(17-22)28(35)36/h2-17,26H,1H3,(H,31,34)(H,35,36)(H2,32,33,37). The predicted octanol–water partition coefficient (Wildman–Crippen LogP) is 7.63. The Labute approximate surface area is 235 Å². The number of thioether (sulfide) groups is 1. The van der Waals surface area contributed by atoms with Crippen LogP contribution in [-0.4, -0.2) is 22.1 Å². The summed E-state index contributed by atoms with van der Waals surface area (Å²) in [6.07, 6.45) is 0. The van der Waals surface area contributed by atoms with Gasteiger partial charge in [-0.15, -0.1) is 11.8 Å². The number of anilines is 3. The molecule has 0 radical (unpaired) electrons. The second kappa shape index (κ2) is 12.6. The van der Waals surface area contributed by atoms with E-state index in [9.17, 15) is 14.7 Å². The molecule has 4 aromatic rings. The summed E-state index contributed by atoms with van der Waals surface area (Å²) in [6.45, 7) is 2.02. The predicted molar refractivity (Wildman–Crippen MR) is 160 cm³/mol. The SMILES string of the molecule is Cc1ccc(NC(=S)Nc2cccc(SC(C(=O)Nc3ccc(Cl)c(C(=O)O)c3)c3ccccc3)c2)cc1. The third-order valence-electron chi connectivity index (χ3n) is 5.46. The van der Waals surface area contributed by atoms with E-state index in [4.69, 9.17) is 23.8 Å². The highest BCUT2D eigenvalue weighted by molar-refractivity contribution is 8.00. The number of carbonyl (C=O) groups excluding carboxylic acids is 1. The van der Waals surface area contributed by atoms with Crippen LogP contribution in [0.3, 0.4) is 0 Å². The smallest absolute Gasteiger partial charge is 0.337 e. The van der Waals surface area contributed by atoms with Crippen molar-refractivity contribution >= 4 is 69.6 Å². The van der Waals surface area contributed by atoms with E-state index in [1.165, 1.54) is 23.9 Å². The summed E-state index contributed by atoms with van der Waals surface area (Å²) in [7, 11) is 0. The molecular weight excluding hydrogens is 538 g/mol. The number of hydrogen-bond acceptors (Lipinski definition) is 4. The van der Waals surface area contributed by atoms with Gasteiger partial charge in [0.05, 0.1) is 10.6 Å². The van der Waals surface area contributed by atoms with Gasteiger partial charge in [0.25, 0.3) is 0 Å². The normalized spacial score (nSPS) is 11.3. The number of nitrogens with one attached hydrogen (secondary N) is 3. The first-order valence-electron chi connectivity index (χ1n) is 11.6. The summed E-state index contributed by atoms with van der Waals surface area (Å²) >= 11 is 12.8. The lowest BCUT2D eigenvalue weighted by Crippen LogP contribution is -2.20. The zero-order valence-corrected chi connectivity index (χ0v) is 22.7. The lowest BCUT2D eigenvalue weighted by molar-refractivity contribution is -0.115. The van der Waals surface area contributed by atoms with Crippen molar-refractivity contribution in [1.82, 2.24) is 0 Å². The lowest BCUT2D eigenvalue weighted by Gasteiger charge is -2.18. The van der Waals surface area contributed by atoms with E-state index >= 15 is 0 Å². The molecule has 0 saturated heterocycles. The number of halogens is 1. The molecule has 6 nitrogen and oxygen atoms in total. The van der Waals surface area contributed by atoms with Crippen molar-refractivity contribution in [1.29, 1.82) is 0 Å². The number of carbonyl (C=O) groups is 2. The lowest BCUT2D eigenvalue weighted by atomic mass is 10.1. The average molecular weight is 562 g/mol. The van der Waals surface area contributed by atoms with Crippen LogP contribution in [-0.2, 0) is 4.79 Å². The number of rotatable bonds is 8. The fraction of sp³-hybridized carbons (Fsp3) is 0.0690. The molecule has 0 spiro atoms. The fourth-order valence-electron chi connectivity index (χ4n) is 3.59. The monoisotopic (exact) mass is 561 g/mol. The van der Waals surface area contributed by atoms with E-state index in [1.807, 2.05) is 85.8 Å². The maximum atomic E-state index is 13.4. The molecule has 4 N–H and O–H groups in total. The summed E-state index contributed by atoms with van der Waals surface area (Å²) in [5.74, 6) is -1.46. The molecule has 0 bridgehead atoms. The molecule has 1 atom stereocenters. The minimum atomic E-state index is -1.17. The van der Waals surface area contributed by atoms with Crippen molar-refractivity contribution in [2.45, 2.75) is 17.1 Å².